The summed E-state index contributed by atoms with van der Waals surface area (Å²) in [6.45, 7) is 0. The average molecular weight is 306 g/mol. The van der Waals surface area contributed by atoms with Crippen LogP contribution in [0.3, 0.4) is 0 Å². The molecule has 2 aromatic carbocycles. The number of hydrogen-bond acceptors (Lipinski definition) is 2. The predicted octanol–water partition coefficient (Wildman–Crippen LogP) is 3.23. The average Bonchev–Trinajstić information content (AvgIpc) is 3.38. The van der Waals surface area contributed by atoms with Gasteiger partial charge >= 0.3 is 0 Å². The van der Waals surface area contributed by atoms with Crippen molar-refractivity contribution in [2.75, 3.05) is 5.32 Å². The lowest BCUT2D eigenvalue weighted by Crippen LogP contribution is -2.25. The summed E-state index contributed by atoms with van der Waals surface area (Å²) in [6.07, 6.45) is 5.35. The Hall–Kier alpha value is -2.88. The highest BCUT2D eigenvalue weighted by molar-refractivity contribution is 6.02. The summed E-state index contributed by atoms with van der Waals surface area (Å²) in [5.41, 5.74) is 2.27. The van der Waals surface area contributed by atoms with Crippen molar-refractivity contribution < 1.29 is 9.59 Å². The minimum Gasteiger partial charge on any atom is -0.349 e. The van der Waals surface area contributed by atoms with E-state index in [0.717, 1.165) is 24.1 Å². The highest BCUT2D eigenvalue weighted by Gasteiger charge is 2.23. The highest BCUT2D eigenvalue weighted by atomic mass is 16.2. The van der Waals surface area contributed by atoms with Crippen LogP contribution in [0.1, 0.15) is 28.8 Å². The zero-order chi connectivity index (χ0) is 16.1. The fourth-order valence-corrected chi connectivity index (χ4v) is 2.12. The number of carbonyl (C=O) groups excluding carboxylic acids is 2. The second-order valence-electron chi connectivity index (χ2n) is 5.56. The maximum absolute atomic E-state index is 11.9. The number of anilines is 1. The van der Waals surface area contributed by atoms with Gasteiger partial charge in [-0.2, -0.15) is 0 Å². The van der Waals surface area contributed by atoms with E-state index in [1.807, 2.05) is 42.5 Å². The van der Waals surface area contributed by atoms with Crippen molar-refractivity contribution in [3.05, 3.63) is 71.8 Å². The molecule has 1 saturated carbocycles. The summed E-state index contributed by atoms with van der Waals surface area (Å²) in [5, 5.41) is 5.73. The van der Waals surface area contributed by atoms with Gasteiger partial charge in [0.05, 0.1) is 0 Å². The molecule has 0 saturated heterocycles. The molecular formula is C19H18N2O2. The molecule has 4 nitrogen and oxygen atoms in total. The minimum atomic E-state index is -0.188. The van der Waals surface area contributed by atoms with Gasteiger partial charge in [0.25, 0.3) is 5.91 Å². The van der Waals surface area contributed by atoms with Crippen LogP contribution in [0.5, 0.6) is 0 Å². The number of para-hydroxylation sites is 1. The molecule has 0 spiro atoms. The fourth-order valence-electron chi connectivity index (χ4n) is 2.12. The van der Waals surface area contributed by atoms with Crippen molar-refractivity contribution in [3.8, 4) is 0 Å². The van der Waals surface area contributed by atoms with Crippen molar-refractivity contribution in [2.24, 2.45) is 0 Å². The Labute approximate surface area is 135 Å². The Morgan fingerprint density at radius 3 is 2.30 bits per heavy atom. The minimum absolute atomic E-state index is 0.0372. The highest BCUT2D eigenvalue weighted by Crippen LogP contribution is 2.19. The molecular weight excluding hydrogens is 288 g/mol. The Kier molecular flexibility index (Phi) is 4.52. The number of hydrogen-bond donors (Lipinski definition) is 2. The predicted molar refractivity (Wildman–Crippen MR) is 91.0 cm³/mol. The summed E-state index contributed by atoms with van der Waals surface area (Å²) in [7, 11) is 0. The van der Waals surface area contributed by atoms with E-state index in [2.05, 4.69) is 10.6 Å². The second kappa shape index (κ2) is 6.92. The first kappa shape index (κ1) is 15.0. The summed E-state index contributed by atoms with van der Waals surface area (Å²) >= 11 is 0. The van der Waals surface area contributed by atoms with Crippen molar-refractivity contribution in [2.45, 2.75) is 18.9 Å². The van der Waals surface area contributed by atoms with Crippen molar-refractivity contribution >= 4 is 23.6 Å². The topological polar surface area (TPSA) is 58.2 Å². The van der Waals surface area contributed by atoms with Gasteiger partial charge in [-0.25, -0.2) is 0 Å². The number of nitrogens with one attached hydrogen (secondary N) is 2. The van der Waals surface area contributed by atoms with Gasteiger partial charge in [0.1, 0.15) is 0 Å². The van der Waals surface area contributed by atoms with Crippen LogP contribution in [0.25, 0.3) is 6.08 Å². The van der Waals surface area contributed by atoms with E-state index in [9.17, 15) is 9.59 Å². The zero-order valence-corrected chi connectivity index (χ0v) is 12.7. The monoisotopic (exact) mass is 306 g/mol. The van der Waals surface area contributed by atoms with E-state index < -0.39 is 0 Å². The summed E-state index contributed by atoms with van der Waals surface area (Å²) in [6, 6.07) is 16.8. The maximum Gasteiger partial charge on any atom is 0.251 e. The zero-order valence-electron chi connectivity index (χ0n) is 12.7. The number of carbonyl (C=O) groups is 2. The van der Waals surface area contributed by atoms with Gasteiger partial charge in [-0.05, 0) is 48.7 Å². The molecule has 0 radical (unpaired) electrons. The van der Waals surface area contributed by atoms with Crippen molar-refractivity contribution in [3.63, 3.8) is 0 Å². The molecule has 0 unspecified atom stereocenters. The Morgan fingerprint density at radius 2 is 1.65 bits per heavy atom. The van der Waals surface area contributed by atoms with Gasteiger partial charge in [-0.1, -0.05) is 30.3 Å². The lowest BCUT2D eigenvalue weighted by atomic mass is 10.1. The standard InChI is InChI=1S/C19H18N2O2/c22-18(20-16-4-2-1-3-5-16)13-8-14-6-9-15(10-7-14)19(23)21-17-11-12-17/h1-10,13,17H,11-12H2,(H,20,22)(H,21,23)/b13-8+. The lowest BCUT2D eigenvalue weighted by molar-refractivity contribution is -0.111. The van der Waals surface area contributed by atoms with Crippen LogP contribution in [0.2, 0.25) is 0 Å². The van der Waals surface area contributed by atoms with Crippen LogP contribution in [0, 0.1) is 0 Å². The molecule has 2 aromatic rings. The van der Waals surface area contributed by atoms with Gasteiger partial charge < -0.3 is 10.6 Å². The fraction of sp³-hybridized carbons (Fsp3) is 0.158. The first-order valence-corrected chi connectivity index (χ1v) is 7.66. The van der Waals surface area contributed by atoms with E-state index >= 15 is 0 Å². The summed E-state index contributed by atoms with van der Waals surface area (Å²) < 4.78 is 0. The molecule has 1 aliphatic carbocycles. The molecule has 0 aliphatic heterocycles. The Morgan fingerprint density at radius 1 is 0.957 bits per heavy atom. The van der Waals surface area contributed by atoms with E-state index in [1.54, 1.807) is 18.2 Å². The molecule has 2 amide bonds. The van der Waals surface area contributed by atoms with Crippen LogP contribution in [-0.2, 0) is 4.79 Å². The van der Waals surface area contributed by atoms with Crippen molar-refractivity contribution in [1.29, 1.82) is 0 Å². The number of amides is 2. The number of benzene rings is 2. The van der Waals surface area contributed by atoms with Crippen LogP contribution < -0.4 is 10.6 Å². The third-order valence-electron chi connectivity index (χ3n) is 3.55. The Balaban J connectivity index is 1.56. The van der Waals surface area contributed by atoms with Gasteiger partial charge in [0.2, 0.25) is 5.91 Å². The maximum atomic E-state index is 11.9. The van der Waals surface area contributed by atoms with Crippen molar-refractivity contribution in [1.82, 2.24) is 5.32 Å². The molecule has 4 heteroatoms. The molecule has 3 rings (SSSR count). The van der Waals surface area contributed by atoms with Crippen LogP contribution in [0.15, 0.2) is 60.7 Å². The second-order valence-corrected chi connectivity index (χ2v) is 5.56. The van der Waals surface area contributed by atoms with E-state index in [-0.39, 0.29) is 11.8 Å². The summed E-state index contributed by atoms with van der Waals surface area (Å²) in [4.78, 5) is 23.7. The molecule has 2 N–H and O–H groups in total. The van der Waals surface area contributed by atoms with Gasteiger partial charge in [-0.15, -0.1) is 0 Å². The van der Waals surface area contributed by atoms with Crippen LogP contribution in [0.4, 0.5) is 5.69 Å². The third kappa shape index (κ3) is 4.54. The SMILES string of the molecule is O=C(/C=C/c1ccc(C(=O)NC2CC2)cc1)Nc1ccccc1. The van der Waals surface area contributed by atoms with E-state index in [4.69, 9.17) is 0 Å². The molecule has 116 valence electrons. The molecule has 0 heterocycles. The number of rotatable bonds is 5. The lowest BCUT2D eigenvalue weighted by Gasteiger charge is -2.03. The Bertz CT molecular complexity index is 717. The first-order valence-electron chi connectivity index (χ1n) is 7.66. The molecule has 0 aromatic heterocycles. The molecule has 1 fully saturated rings. The quantitative estimate of drug-likeness (QED) is 0.833. The van der Waals surface area contributed by atoms with Crippen LogP contribution >= 0.6 is 0 Å². The smallest absolute Gasteiger partial charge is 0.251 e. The largest absolute Gasteiger partial charge is 0.349 e. The van der Waals surface area contributed by atoms with Gasteiger partial charge in [0, 0.05) is 23.4 Å². The van der Waals surface area contributed by atoms with E-state index in [1.165, 1.54) is 6.08 Å². The first-order chi connectivity index (χ1) is 11.2. The van der Waals surface area contributed by atoms with Gasteiger partial charge in [-0.3, -0.25) is 9.59 Å². The third-order valence-corrected chi connectivity index (χ3v) is 3.55. The van der Waals surface area contributed by atoms with E-state index in [0.29, 0.717) is 11.6 Å². The van der Waals surface area contributed by atoms with Gasteiger partial charge in [0.15, 0.2) is 0 Å². The molecule has 0 bridgehead atoms. The molecule has 1 aliphatic rings. The normalized spacial score (nSPS) is 13.7. The van der Waals surface area contributed by atoms with Crippen LogP contribution in [-0.4, -0.2) is 17.9 Å². The summed E-state index contributed by atoms with van der Waals surface area (Å²) in [5.74, 6) is -0.225. The molecule has 23 heavy (non-hydrogen) atoms. The molecule has 0 atom stereocenters.